The highest BCUT2D eigenvalue weighted by Crippen LogP contribution is 2.55. The highest BCUT2D eigenvalue weighted by molar-refractivity contribution is 5.84. The molecule has 0 unspecified atom stereocenters. The Labute approximate surface area is 148 Å². The Morgan fingerprint density at radius 2 is 1.88 bits per heavy atom. The summed E-state index contributed by atoms with van der Waals surface area (Å²) in [7, 11) is 0. The molecule has 1 saturated carbocycles. The molecule has 130 valence electrons. The van der Waals surface area contributed by atoms with Crippen LogP contribution >= 0.6 is 0 Å². The molecular formula is C21H24N2O2. The largest absolute Gasteiger partial charge is 0.370 e. The second kappa shape index (κ2) is 7.62. The number of nitrogens with one attached hydrogen (secondary N) is 1. The van der Waals surface area contributed by atoms with Gasteiger partial charge in [0.15, 0.2) is 0 Å². The molecular weight excluding hydrogens is 312 g/mol. The topological polar surface area (TPSA) is 50.7 Å². The standard InChI is InChI=1S/C21H24N2O2/c1-3-25-21(18-12-8-5-9-13-18)14-19(21)20(24)23-22-15-16(2)17-10-6-4-7-11-17/h4-13,15-16,19H,3,14H2,1-2H3,(H,23,24)/b22-15-/t16-,19+,21-/m1/s1. The molecule has 1 fully saturated rings. The third-order valence-corrected chi connectivity index (χ3v) is 4.69. The summed E-state index contributed by atoms with van der Waals surface area (Å²) in [5, 5.41) is 4.15. The van der Waals surface area contributed by atoms with Crippen molar-refractivity contribution in [3.63, 3.8) is 0 Å². The van der Waals surface area contributed by atoms with Gasteiger partial charge in [0.05, 0.1) is 5.92 Å². The molecule has 3 rings (SSSR count). The summed E-state index contributed by atoms with van der Waals surface area (Å²) in [5.41, 5.74) is 4.40. The molecule has 1 N–H and O–H groups in total. The normalized spacial score (nSPS) is 23.4. The van der Waals surface area contributed by atoms with Crippen molar-refractivity contribution in [2.24, 2.45) is 11.0 Å². The highest BCUT2D eigenvalue weighted by Gasteiger charge is 2.60. The number of hydrogen-bond acceptors (Lipinski definition) is 3. The van der Waals surface area contributed by atoms with E-state index in [1.807, 2.05) is 55.5 Å². The minimum absolute atomic E-state index is 0.0891. The molecule has 4 heteroatoms. The molecule has 1 aliphatic rings. The van der Waals surface area contributed by atoms with Crippen LogP contribution in [-0.4, -0.2) is 18.7 Å². The van der Waals surface area contributed by atoms with E-state index in [4.69, 9.17) is 4.74 Å². The van der Waals surface area contributed by atoms with Gasteiger partial charge in [-0.15, -0.1) is 0 Å². The molecule has 0 bridgehead atoms. The van der Waals surface area contributed by atoms with Crippen LogP contribution in [0.25, 0.3) is 0 Å². The van der Waals surface area contributed by atoms with Crippen molar-refractivity contribution < 1.29 is 9.53 Å². The second-order valence-electron chi connectivity index (χ2n) is 6.40. The first-order valence-corrected chi connectivity index (χ1v) is 8.75. The maximum atomic E-state index is 12.5. The Bertz CT molecular complexity index is 730. The number of nitrogens with zero attached hydrogens (tertiary/aromatic N) is 1. The van der Waals surface area contributed by atoms with E-state index in [-0.39, 0.29) is 17.7 Å². The number of rotatable bonds is 7. The number of carbonyl (C=O) groups excluding carboxylic acids is 1. The third kappa shape index (κ3) is 3.80. The third-order valence-electron chi connectivity index (χ3n) is 4.69. The van der Waals surface area contributed by atoms with Crippen molar-refractivity contribution in [1.82, 2.24) is 5.43 Å². The molecule has 0 heterocycles. The molecule has 0 spiro atoms. The van der Waals surface area contributed by atoms with Gasteiger partial charge in [0, 0.05) is 18.7 Å². The molecule has 4 nitrogen and oxygen atoms in total. The minimum Gasteiger partial charge on any atom is -0.370 e. The summed E-state index contributed by atoms with van der Waals surface area (Å²) in [4.78, 5) is 12.5. The van der Waals surface area contributed by atoms with Crippen molar-refractivity contribution in [2.75, 3.05) is 6.61 Å². The molecule has 2 aromatic carbocycles. The van der Waals surface area contributed by atoms with Gasteiger partial charge in [-0.2, -0.15) is 5.10 Å². The number of ether oxygens (including phenoxy) is 1. The summed E-state index contributed by atoms with van der Waals surface area (Å²) in [6, 6.07) is 20.0. The number of hydrazone groups is 1. The number of amides is 1. The lowest BCUT2D eigenvalue weighted by atomic mass is 10.0. The van der Waals surface area contributed by atoms with Gasteiger partial charge in [0.2, 0.25) is 5.91 Å². The molecule has 3 atom stereocenters. The zero-order valence-electron chi connectivity index (χ0n) is 14.7. The molecule has 1 aliphatic carbocycles. The van der Waals surface area contributed by atoms with E-state index in [9.17, 15) is 4.79 Å². The number of carbonyl (C=O) groups is 1. The van der Waals surface area contributed by atoms with E-state index >= 15 is 0 Å². The first-order valence-electron chi connectivity index (χ1n) is 8.75. The fourth-order valence-corrected chi connectivity index (χ4v) is 3.22. The van der Waals surface area contributed by atoms with Gasteiger partial charge in [-0.3, -0.25) is 4.79 Å². The van der Waals surface area contributed by atoms with Gasteiger partial charge in [0.1, 0.15) is 5.60 Å². The van der Waals surface area contributed by atoms with E-state index in [0.29, 0.717) is 13.0 Å². The van der Waals surface area contributed by atoms with Gasteiger partial charge >= 0.3 is 0 Å². The molecule has 0 radical (unpaired) electrons. The van der Waals surface area contributed by atoms with Crippen LogP contribution in [0.2, 0.25) is 0 Å². The number of hydrogen-bond donors (Lipinski definition) is 1. The predicted octanol–water partition coefficient (Wildman–Crippen LogP) is 3.84. The van der Waals surface area contributed by atoms with E-state index in [1.54, 1.807) is 6.21 Å². The maximum absolute atomic E-state index is 12.5. The number of benzene rings is 2. The van der Waals surface area contributed by atoms with Gasteiger partial charge in [-0.25, -0.2) is 5.43 Å². The van der Waals surface area contributed by atoms with Crippen LogP contribution in [0.4, 0.5) is 0 Å². The molecule has 25 heavy (non-hydrogen) atoms. The van der Waals surface area contributed by atoms with Crippen LogP contribution in [-0.2, 0) is 15.1 Å². The van der Waals surface area contributed by atoms with Gasteiger partial charge in [-0.1, -0.05) is 67.6 Å². The average molecular weight is 336 g/mol. The van der Waals surface area contributed by atoms with Crippen LogP contribution in [0.1, 0.15) is 37.3 Å². The van der Waals surface area contributed by atoms with Gasteiger partial charge in [-0.05, 0) is 24.5 Å². The zero-order chi connectivity index (χ0) is 17.7. The Kier molecular flexibility index (Phi) is 5.29. The van der Waals surface area contributed by atoms with E-state index in [2.05, 4.69) is 29.6 Å². The fraction of sp³-hybridized carbons (Fsp3) is 0.333. The zero-order valence-corrected chi connectivity index (χ0v) is 14.7. The van der Waals surface area contributed by atoms with Gasteiger partial charge < -0.3 is 4.74 Å². The lowest BCUT2D eigenvalue weighted by molar-refractivity contribution is -0.124. The molecule has 1 amide bonds. The summed E-state index contributed by atoms with van der Waals surface area (Å²) >= 11 is 0. The Morgan fingerprint density at radius 3 is 2.52 bits per heavy atom. The first-order chi connectivity index (χ1) is 12.2. The van der Waals surface area contributed by atoms with Crippen molar-refractivity contribution in [3.05, 3.63) is 71.8 Å². The van der Waals surface area contributed by atoms with Gasteiger partial charge in [0.25, 0.3) is 0 Å². The molecule has 0 aromatic heterocycles. The lowest BCUT2D eigenvalue weighted by Crippen LogP contribution is -2.26. The SMILES string of the molecule is CCO[C@@]1(c2ccccc2)C[C@H]1C(=O)N/N=C\[C@@H](C)c1ccccc1. The average Bonchev–Trinajstić information content (AvgIpc) is 3.39. The van der Waals surface area contributed by atoms with Crippen LogP contribution in [0, 0.1) is 5.92 Å². The van der Waals surface area contributed by atoms with Crippen molar-refractivity contribution >= 4 is 12.1 Å². The summed E-state index contributed by atoms with van der Waals surface area (Å²) in [5.74, 6) is -0.140. The second-order valence-corrected chi connectivity index (χ2v) is 6.40. The van der Waals surface area contributed by atoms with Crippen LogP contribution < -0.4 is 5.43 Å². The Balaban J connectivity index is 1.61. The fourth-order valence-electron chi connectivity index (χ4n) is 3.22. The maximum Gasteiger partial charge on any atom is 0.246 e. The molecule has 0 aliphatic heterocycles. The first kappa shape index (κ1) is 17.4. The molecule has 0 saturated heterocycles. The van der Waals surface area contributed by atoms with Crippen LogP contribution in [0.3, 0.4) is 0 Å². The van der Waals surface area contributed by atoms with Crippen molar-refractivity contribution in [2.45, 2.75) is 31.8 Å². The van der Waals surface area contributed by atoms with E-state index < -0.39 is 5.60 Å². The Hall–Kier alpha value is -2.46. The van der Waals surface area contributed by atoms with Crippen LogP contribution in [0.5, 0.6) is 0 Å². The summed E-state index contributed by atoms with van der Waals surface area (Å²) in [6.07, 6.45) is 2.46. The minimum atomic E-state index is -0.499. The monoisotopic (exact) mass is 336 g/mol. The quantitative estimate of drug-likeness (QED) is 0.617. The van der Waals surface area contributed by atoms with Crippen molar-refractivity contribution in [1.29, 1.82) is 0 Å². The van der Waals surface area contributed by atoms with Crippen molar-refractivity contribution in [3.8, 4) is 0 Å². The summed E-state index contributed by atoms with van der Waals surface area (Å²) in [6.45, 7) is 4.58. The highest BCUT2D eigenvalue weighted by atomic mass is 16.5. The van der Waals surface area contributed by atoms with E-state index in [1.165, 1.54) is 5.56 Å². The summed E-state index contributed by atoms with van der Waals surface area (Å²) < 4.78 is 5.94. The van der Waals surface area contributed by atoms with Crippen LogP contribution in [0.15, 0.2) is 65.8 Å². The molecule has 2 aromatic rings. The van der Waals surface area contributed by atoms with E-state index in [0.717, 1.165) is 5.56 Å². The Morgan fingerprint density at radius 1 is 1.24 bits per heavy atom. The lowest BCUT2D eigenvalue weighted by Gasteiger charge is -2.17. The predicted molar refractivity (Wildman–Crippen MR) is 99.3 cm³/mol. The smallest absolute Gasteiger partial charge is 0.246 e.